The number of hydrogen-bond donors (Lipinski definition) is 1. The van der Waals surface area contributed by atoms with Gasteiger partial charge in [0.25, 0.3) is 0 Å². The van der Waals surface area contributed by atoms with E-state index in [1.165, 1.54) is 0 Å². The molecule has 3 rings (SSSR count). The quantitative estimate of drug-likeness (QED) is 0.136. The Bertz CT molecular complexity index is 841. The third kappa shape index (κ3) is 5.44. The minimum absolute atomic E-state index is 0.0188. The Kier molecular flexibility index (Phi) is 10.5. The molecule has 3 fully saturated rings. The van der Waals surface area contributed by atoms with Crippen LogP contribution in [0.25, 0.3) is 0 Å². The van der Waals surface area contributed by atoms with Crippen LogP contribution in [0.4, 0.5) is 0 Å². The highest BCUT2D eigenvalue weighted by Crippen LogP contribution is 2.68. The molecular formula is C27H41BrN2O5S. The van der Waals surface area contributed by atoms with Crippen LogP contribution in [-0.4, -0.2) is 85.9 Å². The summed E-state index contributed by atoms with van der Waals surface area (Å²) in [5.41, 5.74) is 0. The molecule has 1 N–H and O–H groups in total. The molecule has 2 bridgehead atoms. The Hall–Kier alpha value is -1.32. The number of amides is 2. The second kappa shape index (κ2) is 13.0. The Labute approximate surface area is 228 Å². The first kappa shape index (κ1) is 29.2. The summed E-state index contributed by atoms with van der Waals surface area (Å²) in [6.45, 7) is 12.9. The van der Waals surface area contributed by atoms with Crippen molar-refractivity contribution in [1.29, 1.82) is 0 Å². The van der Waals surface area contributed by atoms with E-state index in [1.54, 1.807) is 28.8 Å². The summed E-state index contributed by atoms with van der Waals surface area (Å²) >= 11 is 5.42. The highest BCUT2D eigenvalue weighted by Gasteiger charge is 2.76. The van der Waals surface area contributed by atoms with Gasteiger partial charge in [-0.05, 0) is 45.4 Å². The van der Waals surface area contributed by atoms with Crippen LogP contribution in [-0.2, 0) is 19.1 Å². The van der Waals surface area contributed by atoms with E-state index in [-0.39, 0.29) is 47.1 Å². The van der Waals surface area contributed by atoms with Crippen molar-refractivity contribution in [1.82, 2.24) is 9.80 Å². The van der Waals surface area contributed by atoms with Gasteiger partial charge in [0.2, 0.25) is 11.8 Å². The van der Waals surface area contributed by atoms with E-state index >= 15 is 0 Å². The lowest BCUT2D eigenvalue weighted by atomic mass is 9.71. The molecule has 0 aromatic heterocycles. The molecule has 3 aliphatic rings. The zero-order valence-electron chi connectivity index (χ0n) is 21.6. The number of likely N-dealkylation sites (tertiary alicyclic amines) is 1. The highest BCUT2D eigenvalue weighted by atomic mass is 79.9. The lowest BCUT2D eigenvalue weighted by Crippen LogP contribution is -2.57. The number of hydrogen-bond acceptors (Lipinski definition) is 6. The standard InChI is InChI=1S/C27H41BrN2O5S/c1-5-8-16-35-26(34)20-21-24(32)30(14-10-9-11-15-31)23(27(21)17-19(28)22(20)36-27)25(33)29(13-7-3)18(4)12-6-2/h5,7,18-23,31H,1,3,6,8-17H2,2,4H3/t18?,19?,20-,21-,22-,23?,27?/m0/s1. The van der Waals surface area contributed by atoms with E-state index in [9.17, 15) is 19.5 Å². The molecule has 1 spiro atoms. The van der Waals surface area contributed by atoms with Crippen LogP contribution in [0.1, 0.15) is 58.8 Å². The smallest absolute Gasteiger partial charge is 0.310 e. The van der Waals surface area contributed by atoms with Gasteiger partial charge >= 0.3 is 5.97 Å². The van der Waals surface area contributed by atoms with Gasteiger partial charge in [0.05, 0.1) is 23.2 Å². The Balaban J connectivity index is 1.98. The summed E-state index contributed by atoms with van der Waals surface area (Å²) in [5.74, 6) is -1.67. The first-order valence-electron chi connectivity index (χ1n) is 13.2. The number of unbranched alkanes of at least 4 members (excludes halogenated alkanes) is 2. The van der Waals surface area contributed by atoms with Crippen LogP contribution >= 0.6 is 27.7 Å². The van der Waals surface area contributed by atoms with Gasteiger partial charge in [-0.25, -0.2) is 0 Å². The van der Waals surface area contributed by atoms with Crippen molar-refractivity contribution in [3.8, 4) is 0 Å². The third-order valence-corrected chi connectivity index (χ3v) is 11.0. The number of carbonyl (C=O) groups excluding carboxylic acids is 3. The van der Waals surface area contributed by atoms with Crippen molar-refractivity contribution in [2.45, 2.75) is 85.7 Å². The first-order valence-corrected chi connectivity index (χ1v) is 15.0. The van der Waals surface area contributed by atoms with Crippen molar-refractivity contribution in [3.05, 3.63) is 25.3 Å². The van der Waals surface area contributed by atoms with Crippen LogP contribution in [0.5, 0.6) is 0 Å². The molecule has 7 atom stereocenters. The van der Waals surface area contributed by atoms with Crippen molar-refractivity contribution in [2.75, 3.05) is 26.3 Å². The number of rotatable bonds is 15. The molecule has 0 aromatic rings. The van der Waals surface area contributed by atoms with Gasteiger partial charge in [0.1, 0.15) is 6.04 Å². The number of esters is 1. The number of nitrogens with zero attached hydrogens (tertiary/aromatic N) is 2. The molecule has 0 saturated carbocycles. The predicted octanol–water partition coefficient (Wildman–Crippen LogP) is 3.94. The van der Waals surface area contributed by atoms with Gasteiger partial charge in [0, 0.05) is 35.8 Å². The fourth-order valence-electron chi connectivity index (χ4n) is 6.19. The van der Waals surface area contributed by atoms with Crippen molar-refractivity contribution in [2.24, 2.45) is 11.8 Å². The SMILES string of the molecule is C=CCCOC(=O)[C@H]1[C@H]2C(=O)N(CCCCCO)C(C(=O)N(CC=C)C(C)CCC)C23CC(Br)[C@@H]1S3. The van der Waals surface area contributed by atoms with Crippen LogP contribution in [0.3, 0.4) is 0 Å². The molecule has 0 aromatic carbocycles. The number of alkyl halides is 1. The fourth-order valence-corrected chi connectivity index (χ4v) is 9.78. The monoisotopic (exact) mass is 584 g/mol. The largest absolute Gasteiger partial charge is 0.465 e. The number of aliphatic hydroxyl groups is 1. The molecule has 36 heavy (non-hydrogen) atoms. The number of thioether (sulfide) groups is 1. The van der Waals surface area contributed by atoms with Crippen LogP contribution in [0, 0.1) is 11.8 Å². The minimum atomic E-state index is -0.669. The van der Waals surface area contributed by atoms with Gasteiger partial charge in [0.15, 0.2) is 0 Å². The Morgan fingerprint density at radius 3 is 2.72 bits per heavy atom. The maximum atomic E-state index is 14.3. The maximum absolute atomic E-state index is 14.3. The van der Waals surface area contributed by atoms with E-state index in [0.717, 1.165) is 19.3 Å². The van der Waals surface area contributed by atoms with Crippen molar-refractivity contribution < 1.29 is 24.2 Å². The minimum Gasteiger partial charge on any atom is -0.465 e. The summed E-state index contributed by atoms with van der Waals surface area (Å²) < 4.78 is 4.90. The predicted molar refractivity (Wildman–Crippen MR) is 147 cm³/mol. The average Bonchev–Trinajstić information content (AvgIpc) is 3.43. The molecule has 3 aliphatic heterocycles. The number of aliphatic hydroxyl groups excluding tert-OH is 1. The van der Waals surface area contributed by atoms with Crippen LogP contribution in [0.15, 0.2) is 25.3 Å². The first-order chi connectivity index (χ1) is 17.3. The van der Waals surface area contributed by atoms with Gasteiger partial charge in [-0.15, -0.1) is 24.9 Å². The zero-order chi connectivity index (χ0) is 26.5. The Morgan fingerprint density at radius 2 is 2.08 bits per heavy atom. The van der Waals surface area contributed by atoms with Crippen molar-refractivity contribution >= 4 is 45.5 Å². The maximum Gasteiger partial charge on any atom is 0.310 e. The van der Waals surface area contributed by atoms with E-state index in [0.29, 0.717) is 38.8 Å². The second-order valence-corrected chi connectivity index (χ2v) is 12.9. The Morgan fingerprint density at radius 1 is 1.33 bits per heavy atom. The normalized spacial score (nSPS) is 31.3. The topological polar surface area (TPSA) is 87.1 Å². The molecule has 4 unspecified atom stereocenters. The van der Waals surface area contributed by atoms with Gasteiger partial charge in [-0.1, -0.05) is 41.4 Å². The molecule has 2 amide bonds. The number of ether oxygens (including phenoxy) is 1. The fraction of sp³-hybridized carbons (Fsp3) is 0.741. The summed E-state index contributed by atoms with van der Waals surface area (Å²) in [6.07, 6.45) is 8.59. The molecule has 3 saturated heterocycles. The molecule has 3 heterocycles. The van der Waals surface area contributed by atoms with E-state index in [1.807, 2.05) is 4.90 Å². The summed E-state index contributed by atoms with van der Waals surface area (Å²) in [6, 6.07) is -0.616. The zero-order valence-corrected chi connectivity index (χ0v) is 24.0. The molecule has 0 aliphatic carbocycles. The molecule has 7 nitrogen and oxygen atoms in total. The second-order valence-electron chi connectivity index (χ2n) is 10.1. The summed E-state index contributed by atoms with van der Waals surface area (Å²) in [5, 5.41) is 9.10. The van der Waals surface area contributed by atoms with E-state index in [4.69, 9.17) is 4.74 Å². The van der Waals surface area contributed by atoms with Crippen molar-refractivity contribution in [3.63, 3.8) is 0 Å². The lowest BCUT2D eigenvalue weighted by molar-refractivity contribution is -0.154. The lowest BCUT2D eigenvalue weighted by Gasteiger charge is -2.39. The highest BCUT2D eigenvalue weighted by molar-refractivity contribution is 9.09. The molecule has 0 radical (unpaired) electrons. The third-order valence-electron chi connectivity index (χ3n) is 7.77. The molecule has 9 heteroatoms. The average molecular weight is 586 g/mol. The summed E-state index contributed by atoms with van der Waals surface area (Å²) in [7, 11) is 0. The van der Waals surface area contributed by atoms with Crippen LogP contribution in [0.2, 0.25) is 0 Å². The van der Waals surface area contributed by atoms with Gasteiger partial charge in [-0.3, -0.25) is 14.4 Å². The number of carbonyl (C=O) groups is 3. The summed E-state index contributed by atoms with van der Waals surface area (Å²) in [4.78, 5) is 45.2. The van der Waals surface area contributed by atoms with E-state index < -0.39 is 22.6 Å². The molecule has 202 valence electrons. The van der Waals surface area contributed by atoms with Gasteiger partial charge < -0.3 is 19.6 Å². The van der Waals surface area contributed by atoms with Gasteiger partial charge in [-0.2, -0.15) is 0 Å². The molecular weight excluding hydrogens is 544 g/mol. The number of fused-ring (bicyclic) bond motifs is 1. The number of halogens is 1. The van der Waals surface area contributed by atoms with E-state index in [2.05, 4.69) is 42.9 Å². The van der Waals surface area contributed by atoms with Crippen LogP contribution < -0.4 is 0 Å².